The van der Waals surface area contributed by atoms with Crippen molar-refractivity contribution in [2.75, 3.05) is 0 Å². The third kappa shape index (κ3) is 3.14. The van der Waals surface area contributed by atoms with Crippen molar-refractivity contribution in [2.24, 2.45) is 0 Å². The Bertz CT molecular complexity index is 460. The van der Waals surface area contributed by atoms with Gasteiger partial charge in [0.1, 0.15) is 0 Å². The van der Waals surface area contributed by atoms with Gasteiger partial charge in [-0.25, -0.2) is 0 Å². The summed E-state index contributed by atoms with van der Waals surface area (Å²) in [5.74, 6) is 0. The molecule has 1 aromatic carbocycles. The molecule has 1 rings (SSSR count). The van der Waals surface area contributed by atoms with E-state index in [0.29, 0.717) is 14.7 Å². The fraction of sp³-hybridized carbons (Fsp3) is 0. The van der Waals surface area contributed by atoms with Crippen LogP contribution in [0.5, 0.6) is 0 Å². The summed E-state index contributed by atoms with van der Waals surface area (Å²) in [7, 11) is 0. The molecule has 0 amide bonds. The Kier molecular flexibility index (Phi) is 6.53. The smallest absolute Gasteiger partial charge is 0.254 e. The molecule has 0 spiro atoms. The van der Waals surface area contributed by atoms with Gasteiger partial charge in [0.25, 0.3) is 10.5 Å². The van der Waals surface area contributed by atoms with Gasteiger partial charge < -0.3 is 0 Å². The Morgan fingerprint density at radius 3 is 1.25 bits per heavy atom. The topological polar surface area (TPSA) is 34.1 Å². The molecule has 0 aliphatic rings. The van der Waals surface area contributed by atoms with Crippen LogP contribution in [0.25, 0.3) is 0 Å². The maximum atomic E-state index is 11.3. The minimum atomic E-state index is -0.581. The van der Waals surface area contributed by atoms with Crippen LogP contribution >= 0.6 is 114 Å². The molecule has 0 aromatic heterocycles. The summed E-state index contributed by atoms with van der Waals surface area (Å²) in [6.45, 7) is 0. The average molecular weight is 707 g/mol. The van der Waals surface area contributed by atoms with Gasteiger partial charge in [-0.2, -0.15) is 0 Å². The lowest BCUT2D eigenvalue weighted by Gasteiger charge is -2.11. The largest absolute Gasteiger partial charge is 0.276 e. The van der Waals surface area contributed by atoms with Crippen LogP contribution in [-0.4, -0.2) is 10.5 Å². The van der Waals surface area contributed by atoms with E-state index in [-0.39, 0.29) is 0 Å². The van der Waals surface area contributed by atoms with E-state index in [1.54, 1.807) is 0 Å². The minimum absolute atomic E-state index is 0.344. The summed E-state index contributed by atoms with van der Waals surface area (Å²) >= 11 is 19.1. The van der Waals surface area contributed by atoms with Gasteiger partial charge in [-0.3, -0.25) is 9.59 Å². The number of benzene rings is 1. The first-order chi connectivity index (χ1) is 7.29. The van der Waals surface area contributed by atoms with Crippen LogP contribution in [0.4, 0.5) is 0 Å². The zero-order chi connectivity index (χ0) is 12.6. The highest BCUT2D eigenvalue weighted by atomic mass is 127. The van der Waals surface area contributed by atoms with Crippen molar-refractivity contribution in [2.45, 2.75) is 0 Å². The predicted molar refractivity (Wildman–Crippen MR) is 97.7 cm³/mol. The number of rotatable bonds is 2. The highest BCUT2D eigenvalue weighted by Crippen LogP contribution is 2.34. The summed E-state index contributed by atoms with van der Waals surface area (Å²) in [6, 6.07) is 0. The molecule has 86 valence electrons. The van der Waals surface area contributed by atoms with E-state index in [1.165, 1.54) is 0 Å². The van der Waals surface area contributed by atoms with Crippen LogP contribution in [0.1, 0.15) is 20.7 Å². The quantitative estimate of drug-likeness (QED) is 0.191. The lowest BCUT2D eigenvalue weighted by Crippen LogP contribution is -2.09. The third-order valence-electron chi connectivity index (χ3n) is 1.66. The summed E-state index contributed by atoms with van der Waals surface area (Å²) in [5, 5.41) is -1.16. The van der Waals surface area contributed by atoms with E-state index in [9.17, 15) is 9.59 Å². The third-order valence-corrected chi connectivity index (χ3v) is 8.41. The minimum Gasteiger partial charge on any atom is -0.276 e. The van der Waals surface area contributed by atoms with E-state index in [4.69, 9.17) is 23.2 Å². The first-order valence-corrected chi connectivity index (χ1v) is 8.61. The van der Waals surface area contributed by atoms with Crippen LogP contribution in [-0.2, 0) is 0 Å². The molecule has 0 unspecified atom stereocenters. The van der Waals surface area contributed by atoms with Gasteiger partial charge in [-0.05, 0) is 114 Å². The van der Waals surface area contributed by atoms with E-state index >= 15 is 0 Å². The van der Waals surface area contributed by atoms with Crippen LogP contribution in [0.15, 0.2) is 0 Å². The Labute approximate surface area is 156 Å². The monoisotopic (exact) mass is 706 g/mol. The van der Waals surface area contributed by atoms with Crippen LogP contribution < -0.4 is 0 Å². The van der Waals surface area contributed by atoms with E-state index in [0.717, 1.165) is 10.7 Å². The normalized spacial score (nSPS) is 10.4. The molecule has 0 saturated carbocycles. The van der Waals surface area contributed by atoms with Gasteiger partial charge in [-0.15, -0.1) is 0 Å². The first kappa shape index (κ1) is 16.1. The molecule has 0 radical (unpaired) electrons. The Hall–Kier alpha value is 2.06. The lowest BCUT2D eigenvalue weighted by molar-refractivity contribution is 0.107. The Morgan fingerprint density at radius 2 is 1.00 bits per heavy atom. The Balaban J connectivity index is 3.80. The molecule has 0 aliphatic carbocycles. The molecule has 0 aliphatic heterocycles. The predicted octanol–water partition coefficient (Wildman–Crippen LogP) is 4.86. The Morgan fingerprint density at radius 1 is 0.688 bits per heavy atom. The molecule has 0 fully saturated rings. The number of carbonyl (C=O) groups is 2. The molecule has 0 heterocycles. The van der Waals surface area contributed by atoms with Gasteiger partial charge in [0.15, 0.2) is 0 Å². The van der Waals surface area contributed by atoms with Gasteiger partial charge in [-0.1, -0.05) is 0 Å². The standard InChI is InChI=1S/C8Cl2I4O2/c9-7(15)1-3(11)2(8(10)16)5(13)6(14)4(1)12. The zero-order valence-corrected chi connectivity index (χ0v) is 17.2. The molecule has 16 heavy (non-hydrogen) atoms. The van der Waals surface area contributed by atoms with E-state index in [2.05, 4.69) is 22.6 Å². The molecule has 0 N–H and O–H groups in total. The maximum absolute atomic E-state index is 11.3. The highest BCUT2D eigenvalue weighted by Gasteiger charge is 2.25. The van der Waals surface area contributed by atoms with E-state index < -0.39 is 10.5 Å². The summed E-state index contributed by atoms with van der Waals surface area (Å²) in [5.41, 5.74) is 0.688. The molecule has 8 heteroatoms. The molecule has 0 atom stereocenters. The SMILES string of the molecule is O=C(Cl)c1c(I)c(I)c(I)c(C(=O)Cl)c1I. The maximum Gasteiger partial charge on any atom is 0.254 e. The zero-order valence-electron chi connectivity index (χ0n) is 7.08. The second-order valence-corrected chi connectivity index (χ2v) is 7.55. The van der Waals surface area contributed by atoms with Gasteiger partial charge in [0.2, 0.25) is 0 Å². The fourth-order valence-electron chi connectivity index (χ4n) is 0.979. The van der Waals surface area contributed by atoms with Crippen molar-refractivity contribution in [3.63, 3.8) is 0 Å². The molecular weight excluding hydrogens is 707 g/mol. The fourth-order valence-corrected chi connectivity index (χ4v) is 6.68. The van der Waals surface area contributed by atoms with Crippen molar-refractivity contribution in [3.05, 3.63) is 25.4 Å². The van der Waals surface area contributed by atoms with Crippen LogP contribution in [0, 0.1) is 14.3 Å². The highest BCUT2D eigenvalue weighted by molar-refractivity contribution is 14.1. The van der Waals surface area contributed by atoms with Crippen molar-refractivity contribution in [3.8, 4) is 0 Å². The molecule has 0 saturated heterocycles. The summed E-state index contributed by atoms with van der Waals surface area (Å²) in [6.07, 6.45) is 0. The lowest BCUT2D eigenvalue weighted by atomic mass is 10.1. The first-order valence-electron chi connectivity index (χ1n) is 3.54. The summed E-state index contributed by atoms with van der Waals surface area (Å²) in [4.78, 5) is 22.6. The number of halogens is 6. The van der Waals surface area contributed by atoms with Gasteiger partial charge in [0, 0.05) is 14.3 Å². The van der Waals surface area contributed by atoms with Crippen molar-refractivity contribution < 1.29 is 9.59 Å². The molecule has 0 bridgehead atoms. The van der Waals surface area contributed by atoms with Crippen molar-refractivity contribution >= 4 is 124 Å². The van der Waals surface area contributed by atoms with Gasteiger partial charge >= 0.3 is 0 Å². The molecule has 2 nitrogen and oxygen atoms in total. The van der Waals surface area contributed by atoms with Gasteiger partial charge in [0.05, 0.1) is 11.1 Å². The van der Waals surface area contributed by atoms with Crippen LogP contribution in [0.2, 0.25) is 0 Å². The number of carbonyl (C=O) groups excluding carboxylic acids is 2. The average Bonchev–Trinajstić information content (AvgIpc) is 2.13. The second kappa shape index (κ2) is 6.48. The summed E-state index contributed by atoms with van der Waals surface area (Å²) < 4.78 is 2.81. The molecular formula is C8Cl2I4O2. The molecule has 1 aromatic rings. The van der Waals surface area contributed by atoms with Crippen molar-refractivity contribution in [1.29, 1.82) is 0 Å². The van der Waals surface area contributed by atoms with Crippen molar-refractivity contribution in [1.82, 2.24) is 0 Å². The second-order valence-electron chi connectivity index (χ2n) is 2.55. The number of hydrogen-bond acceptors (Lipinski definition) is 2. The number of hydrogen-bond donors (Lipinski definition) is 0. The van der Waals surface area contributed by atoms with E-state index in [1.807, 2.05) is 67.8 Å². The van der Waals surface area contributed by atoms with Crippen LogP contribution in [0.3, 0.4) is 0 Å².